The maximum atomic E-state index is 11.8. The number of amides is 1. The zero-order chi connectivity index (χ0) is 19.3. The predicted octanol–water partition coefficient (Wildman–Crippen LogP) is 2.66. The molecule has 0 fully saturated rings. The van der Waals surface area contributed by atoms with Crippen molar-refractivity contribution in [2.75, 3.05) is 0 Å². The predicted molar refractivity (Wildman–Crippen MR) is 95.0 cm³/mol. The third-order valence-electron chi connectivity index (χ3n) is 3.19. The summed E-state index contributed by atoms with van der Waals surface area (Å²) in [6, 6.07) is 7.71. The van der Waals surface area contributed by atoms with Gasteiger partial charge in [0, 0.05) is 29.8 Å². The number of nitro benzene ring substituents is 2. The highest BCUT2D eigenvalue weighted by Crippen LogP contribution is 2.31. The summed E-state index contributed by atoms with van der Waals surface area (Å²) in [5, 5.41) is 34.9. The number of halogens is 1. The van der Waals surface area contributed by atoms with Gasteiger partial charge in [0.25, 0.3) is 11.4 Å². The Bertz CT molecular complexity index is 898. The van der Waals surface area contributed by atoms with Crippen molar-refractivity contribution < 1.29 is 19.7 Å². The van der Waals surface area contributed by atoms with Crippen LogP contribution in [0, 0.1) is 20.2 Å². The number of nitro groups is 2. The molecule has 0 unspecified atom stereocenters. The molecule has 2 aromatic carbocycles. The molecule has 134 valence electrons. The molecule has 0 saturated carbocycles. The van der Waals surface area contributed by atoms with Gasteiger partial charge < -0.3 is 5.11 Å². The van der Waals surface area contributed by atoms with Gasteiger partial charge in [-0.1, -0.05) is 12.1 Å². The Morgan fingerprint density at radius 1 is 1.15 bits per heavy atom. The monoisotopic (exact) mass is 422 g/mol. The number of carbonyl (C=O) groups excluding carboxylic acids is 1. The van der Waals surface area contributed by atoms with Crippen molar-refractivity contribution >= 4 is 39.4 Å². The van der Waals surface area contributed by atoms with Crippen molar-refractivity contribution in [2.45, 2.75) is 6.42 Å². The van der Waals surface area contributed by atoms with E-state index in [9.17, 15) is 30.1 Å². The second-order valence-electron chi connectivity index (χ2n) is 5.02. The number of aromatic hydroxyl groups is 1. The molecular weight excluding hydrogens is 412 g/mol. The number of nitrogens with zero attached hydrogens (tertiary/aromatic N) is 3. The van der Waals surface area contributed by atoms with E-state index < -0.39 is 15.8 Å². The molecule has 2 rings (SSSR count). The van der Waals surface area contributed by atoms with Crippen LogP contribution in [0.5, 0.6) is 5.75 Å². The van der Waals surface area contributed by atoms with Crippen LogP contribution in [0.25, 0.3) is 0 Å². The fraction of sp³-hybridized carbons (Fsp3) is 0.0667. The summed E-state index contributed by atoms with van der Waals surface area (Å²) in [4.78, 5) is 32.0. The van der Waals surface area contributed by atoms with Crippen molar-refractivity contribution in [2.24, 2.45) is 5.10 Å². The van der Waals surface area contributed by atoms with Crippen LogP contribution in [-0.4, -0.2) is 27.1 Å². The van der Waals surface area contributed by atoms with Gasteiger partial charge in [-0.15, -0.1) is 0 Å². The van der Waals surface area contributed by atoms with E-state index in [-0.39, 0.29) is 33.6 Å². The number of hydrogen-bond donors (Lipinski definition) is 2. The molecule has 1 amide bonds. The molecule has 0 spiro atoms. The zero-order valence-corrected chi connectivity index (χ0v) is 14.5. The van der Waals surface area contributed by atoms with E-state index in [4.69, 9.17) is 0 Å². The van der Waals surface area contributed by atoms with Crippen LogP contribution in [-0.2, 0) is 11.2 Å². The second-order valence-corrected chi connectivity index (χ2v) is 5.87. The lowest BCUT2D eigenvalue weighted by Gasteiger charge is -2.03. The molecule has 2 N–H and O–H groups in total. The molecule has 11 heteroatoms. The average Bonchev–Trinajstić information content (AvgIpc) is 2.58. The highest BCUT2D eigenvalue weighted by atomic mass is 79.9. The smallest absolute Gasteiger partial charge is 0.271 e. The number of hydrogen-bond acceptors (Lipinski definition) is 7. The van der Waals surface area contributed by atoms with Crippen LogP contribution in [0.15, 0.2) is 46.0 Å². The third-order valence-corrected chi connectivity index (χ3v) is 3.80. The molecule has 0 aliphatic heterocycles. The first-order valence-corrected chi connectivity index (χ1v) is 7.79. The van der Waals surface area contributed by atoms with Gasteiger partial charge >= 0.3 is 0 Å². The molecule has 0 aliphatic rings. The van der Waals surface area contributed by atoms with Crippen LogP contribution in [0.1, 0.15) is 11.1 Å². The Hall–Kier alpha value is -3.34. The Labute approximate surface area is 154 Å². The van der Waals surface area contributed by atoms with E-state index in [0.29, 0.717) is 5.56 Å². The summed E-state index contributed by atoms with van der Waals surface area (Å²) in [7, 11) is 0. The lowest BCUT2D eigenvalue weighted by molar-refractivity contribution is -0.385. The molecule has 0 bridgehead atoms. The first kappa shape index (κ1) is 19.0. The van der Waals surface area contributed by atoms with E-state index in [0.717, 1.165) is 18.3 Å². The third kappa shape index (κ3) is 4.83. The minimum Gasteiger partial charge on any atom is -0.506 e. The zero-order valence-electron chi connectivity index (χ0n) is 13.0. The fourth-order valence-electron chi connectivity index (χ4n) is 1.94. The Morgan fingerprint density at radius 2 is 1.77 bits per heavy atom. The number of phenols is 1. The summed E-state index contributed by atoms with van der Waals surface area (Å²) < 4.78 is 0.116. The molecule has 0 radical (unpaired) electrons. The first-order chi connectivity index (χ1) is 12.3. The molecule has 0 atom stereocenters. The van der Waals surface area contributed by atoms with Crippen molar-refractivity contribution in [3.63, 3.8) is 0 Å². The first-order valence-electron chi connectivity index (χ1n) is 7.00. The van der Waals surface area contributed by atoms with Gasteiger partial charge in [0.05, 0.1) is 27.0 Å². The van der Waals surface area contributed by atoms with E-state index in [1.165, 1.54) is 24.3 Å². The van der Waals surface area contributed by atoms with E-state index in [2.05, 4.69) is 26.5 Å². The molecule has 0 saturated heterocycles. The van der Waals surface area contributed by atoms with Gasteiger partial charge in [-0.3, -0.25) is 25.0 Å². The van der Waals surface area contributed by atoms with Crippen molar-refractivity contribution in [1.29, 1.82) is 0 Å². The van der Waals surface area contributed by atoms with Crippen LogP contribution in [0.2, 0.25) is 0 Å². The lowest BCUT2D eigenvalue weighted by atomic mass is 10.1. The summed E-state index contributed by atoms with van der Waals surface area (Å²) in [6.07, 6.45) is 1.00. The maximum Gasteiger partial charge on any atom is 0.271 e. The topological polar surface area (TPSA) is 148 Å². The van der Waals surface area contributed by atoms with Gasteiger partial charge in [0.15, 0.2) is 0 Å². The number of non-ortho nitro benzene ring substituents is 2. The standard InChI is InChI=1S/C15H11BrN4O6/c16-13-7-12(20(25)26)6-10(15(13)22)8-17-18-14(21)5-9-1-3-11(4-2-9)19(23)24/h1-4,6-8,22H,5H2,(H,18,21)/b17-8-. The normalized spacial score (nSPS) is 10.7. The van der Waals surface area contributed by atoms with Crippen molar-refractivity contribution in [3.05, 3.63) is 72.2 Å². The highest BCUT2D eigenvalue weighted by Gasteiger charge is 2.13. The van der Waals surface area contributed by atoms with E-state index >= 15 is 0 Å². The fourth-order valence-corrected chi connectivity index (χ4v) is 2.41. The molecule has 0 heterocycles. The molecular formula is C15H11BrN4O6. The number of phenolic OH excluding ortho intramolecular Hbond substituents is 1. The van der Waals surface area contributed by atoms with Crippen LogP contribution in [0.4, 0.5) is 11.4 Å². The minimum absolute atomic E-state index is 0.0433. The summed E-state index contributed by atoms with van der Waals surface area (Å²) in [5.74, 6) is -0.761. The number of benzene rings is 2. The number of hydrazone groups is 1. The van der Waals surface area contributed by atoms with Gasteiger partial charge in [0.2, 0.25) is 5.91 Å². The second kappa shape index (κ2) is 8.16. The molecule has 26 heavy (non-hydrogen) atoms. The maximum absolute atomic E-state index is 11.8. The molecule has 2 aromatic rings. The van der Waals surface area contributed by atoms with Crippen molar-refractivity contribution in [1.82, 2.24) is 5.43 Å². The lowest BCUT2D eigenvalue weighted by Crippen LogP contribution is -2.19. The Balaban J connectivity index is 2.03. The van der Waals surface area contributed by atoms with Crippen LogP contribution in [0.3, 0.4) is 0 Å². The largest absolute Gasteiger partial charge is 0.506 e. The highest BCUT2D eigenvalue weighted by molar-refractivity contribution is 9.10. The van der Waals surface area contributed by atoms with Crippen LogP contribution >= 0.6 is 15.9 Å². The quantitative estimate of drug-likeness (QED) is 0.415. The van der Waals surface area contributed by atoms with E-state index in [1.807, 2.05) is 0 Å². The van der Waals surface area contributed by atoms with Gasteiger partial charge in [-0.2, -0.15) is 5.10 Å². The summed E-state index contributed by atoms with van der Waals surface area (Å²) in [6.45, 7) is 0. The number of nitrogens with one attached hydrogen (secondary N) is 1. The molecule has 0 aromatic heterocycles. The van der Waals surface area contributed by atoms with Crippen LogP contribution < -0.4 is 5.43 Å². The number of carbonyl (C=O) groups is 1. The van der Waals surface area contributed by atoms with E-state index in [1.54, 1.807) is 0 Å². The average molecular weight is 423 g/mol. The van der Waals surface area contributed by atoms with Crippen molar-refractivity contribution in [3.8, 4) is 5.75 Å². The SMILES string of the molecule is O=C(Cc1ccc([N+](=O)[O-])cc1)N/N=C\c1cc([N+](=O)[O-])cc(Br)c1O. The Morgan fingerprint density at radius 3 is 2.35 bits per heavy atom. The molecule has 0 aliphatic carbocycles. The summed E-state index contributed by atoms with van der Waals surface area (Å²) >= 11 is 2.99. The van der Waals surface area contributed by atoms with Gasteiger partial charge in [-0.05, 0) is 21.5 Å². The summed E-state index contributed by atoms with van der Waals surface area (Å²) in [5.41, 5.74) is 2.46. The Kier molecular flexibility index (Phi) is 5.96. The van der Waals surface area contributed by atoms with Gasteiger partial charge in [0.1, 0.15) is 5.75 Å². The number of rotatable bonds is 6. The van der Waals surface area contributed by atoms with Gasteiger partial charge in [-0.25, -0.2) is 5.43 Å². The molecule has 10 nitrogen and oxygen atoms in total. The minimum atomic E-state index is -0.630.